The van der Waals surface area contributed by atoms with Crippen molar-refractivity contribution in [2.45, 2.75) is 44.4 Å². The topological polar surface area (TPSA) is 112 Å². The van der Waals surface area contributed by atoms with Crippen LogP contribution in [0, 0.1) is 10.1 Å². The molecule has 0 aromatic heterocycles. The van der Waals surface area contributed by atoms with Crippen molar-refractivity contribution in [3.05, 3.63) is 39.9 Å². The third-order valence-electron chi connectivity index (χ3n) is 6.05. The Morgan fingerprint density at radius 2 is 1.88 bits per heavy atom. The number of rotatable bonds is 8. The van der Waals surface area contributed by atoms with Gasteiger partial charge in [0.05, 0.1) is 24.1 Å². The zero-order chi connectivity index (χ0) is 22.3. The summed E-state index contributed by atoms with van der Waals surface area (Å²) in [5.41, 5.74) is 0.999. The number of benzene rings is 1. The monoisotopic (exact) mass is 572 g/mol. The average Bonchev–Trinajstić information content (AvgIpc) is 3.44. The van der Waals surface area contributed by atoms with Gasteiger partial charge in [-0.1, -0.05) is 12.1 Å². The summed E-state index contributed by atoms with van der Waals surface area (Å²) in [6, 6.07) is 6.90. The van der Waals surface area contributed by atoms with E-state index < -0.39 is 4.92 Å². The molecule has 0 bridgehead atoms. The molecule has 1 aromatic carbocycles. The van der Waals surface area contributed by atoms with E-state index in [0.29, 0.717) is 25.7 Å². The molecule has 4 rings (SSSR count). The SMILES string of the molecule is I.O=C(CN1CCN(C(=NCc2ccc([N+](=O)[O-])cc2)NCC2CCCO2)CC1)NC1CC1. The smallest absolute Gasteiger partial charge is 0.269 e. The van der Waals surface area contributed by atoms with Crippen LogP contribution in [0.2, 0.25) is 0 Å². The third kappa shape index (κ3) is 8.07. The average molecular weight is 572 g/mol. The minimum Gasteiger partial charge on any atom is -0.376 e. The zero-order valence-electron chi connectivity index (χ0n) is 18.8. The highest BCUT2D eigenvalue weighted by atomic mass is 127. The molecule has 2 heterocycles. The van der Waals surface area contributed by atoms with Gasteiger partial charge in [-0.25, -0.2) is 4.99 Å². The molecule has 2 aliphatic heterocycles. The summed E-state index contributed by atoms with van der Waals surface area (Å²) in [6.45, 7) is 5.58. The number of hydrogen-bond acceptors (Lipinski definition) is 6. The van der Waals surface area contributed by atoms with Gasteiger partial charge in [-0.2, -0.15) is 0 Å². The van der Waals surface area contributed by atoms with Gasteiger partial charge in [0.25, 0.3) is 5.69 Å². The lowest BCUT2D eigenvalue weighted by Crippen LogP contribution is -2.54. The molecule has 3 aliphatic rings. The maximum atomic E-state index is 12.1. The molecule has 33 heavy (non-hydrogen) atoms. The first-order chi connectivity index (χ1) is 15.6. The van der Waals surface area contributed by atoms with Gasteiger partial charge in [-0.15, -0.1) is 24.0 Å². The van der Waals surface area contributed by atoms with Gasteiger partial charge in [-0.3, -0.25) is 19.8 Å². The van der Waals surface area contributed by atoms with Gasteiger partial charge in [0.1, 0.15) is 0 Å². The molecule has 11 heteroatoms. The van der Waals surface area contributed by atoms with Gasteiger partial charge in [0.15, 0.2) is 5.96 Å². The predicted octanol–water partition coefficient (Wildman–Crippen LogP) is 1.73. The second-order valence-electron chi connectivity index (χ2n) is 8.68. The fraction of sp³-hybridized carbons (Fsp3) is 0.636. The summed E-state index contributed by atoms with van der Waals surface area (Å²) in [6.07, 6.45) is 4.54. The van der Waals surface area contributed by atoms with E-state index in [2.05, 4.69) is 20.4 Å². The molecule has 1 aliphatic carbocycles. The summed E-state index contributed by atoms with van der Waals surface area (Å²) < 4.78 is 5.73. The molecule has 2 N–H and O–H groups in total. The lowest BCUT2D eigenvalue weighted by atomic mass is 10.2. The number of carbonyl (C=O) groups is 1. The number of nitro benzene ring substituents is 1. The van der Waals surface area contributed by atoms with E-state index in [1.807, 2.05) is 0 Å². The van der Waals surface area contributed by atoms with Crippen LogP contribution in [0.15, 0.2) is 29.3 Å². The Hall–Kier alpha value is -1.99. The lowest BCUT2D eigenvalue weighted by Gasteiger charge is -2.36. The van der Waals surface area contributed by atoms with Crippen molar-refractivity contribution < 1.29 is 14.5 Å². The van der Waals surface area contributed by atoms with Gasteiger partial charge < -0.3 is 20.3 Å². The maximum Gasteiger partial charge on any atom is 0.269 e. The minimum atomic E-state index is -0.397. The van der Waals surface area contributed by atoms with E-state index in [1.165, 1.54) is 12.1 Å². The van der Waals surface area contributed by atoms with Crippen molar-refractivity contribution in [1.82, 2.24) is 20.4 Å². The Kier molecular flexibility index (Phi) is 9.68. The normalized spacial score (nSPS) is 21.4. The number of halogens is 1. The van der Waals surface area contributed by atoms with Crippen molar-refractivity contribution in [1.29, 1.82) is 0 Å². The number of guanidine groups is 1. The summed E-state index contributed by atoms with van der Waals surface area (Å²) in [4.78, 5) is 31.8. The number of piperazine rings is 1. The van der Waals surface area contributed by atoms with E-state index >= 15 is 0 Å². The molecule has 3 fully saturated rings. The number of non-ortho nitro benzene ring substituents is 1. The highest BCUT2D eigenvalue weighted by Crippen LogP contribution is 2.18. The zero-order valence-corrected chi connectivity index (χ0v) is 21.1. The highest BCUT2D eigenvalue weighted by Gasteiger charge is 2.26. The van der Waals surface area contributed by atoms with Gasteiger partial charge in [0, 0.05) is 57.5 Å². The molecule has 1 atom stereocenters. The molecule has 1 amide bonds. The van der Waals surface area contributed by atoms with E-state index in [-0.39, 0.29) is 41.7 Å². The Labute approximate surface area is 211 Å². The number of nitrogens with one attached hydrogen (secondary N) is 2. The number of amides is 1. The summed E-state index contributed by atoms with van der Waals surface area (Å²) in [7, 11) is 0. The maximum absolute atomic E-state index is 12.1. The highest BCUT2D eigenvalue weighted by molar-refractivity contribution is 14.0. The second kappa shape index (κ2) is 12.5. The molecule has 10 nitrogen and oxygen atoms in total. The molecule has 1 aromatic rings. The van der Waals surface area contributed by atoms with Crippen molar-refractivity contribution in [3.8, 4) is 0 Å². The molecular formula is C22H33IN6O4. The number of aliphatic imine (C=N–C) groups is 1. The van der Waals surface area contributed by atoms with Crippen LogP contribution in [-0.2, 0) is 16.1 Å². The lowest BCUT2D eigenvalue weighted by molar-refractivity contribution is -0.384. The summed E-state index contributed by atoms with van der Waals surface area (Å²) >= 11 is 0. The Bertz CT molecular complexity index is 819. The fourth-order valence-electron chi connectivity index (χ4n) is 3.99. The Balaban J connectivity index is 0.00000306. The van der Waals surface area contributed by atoms with Crippen LogP contribution in [0.5, 0.6) is 0 Å². The van der Waals surface area contributed by atoms with Crippen molar-refractivity contribution in [2.24, 2.45) is 4.99 Å². The van der Waals surface area contributed by atoms with Crippen molar-refractivity contribution in [3.63, 3.8) is 0 Å². The van der Waals surface area contributed by atoms with Crippen molar-refractivity contribution >= 4 is 41.5 Å². The van der Waals surface area contributed by atoms with Crippen molar-refractivity contribution in [2.75, 3.05) is 45.9 Å². The first-order valence-electron chi connectivity index (χ1n) is 11.5. The quantitative estimate of drug-likeness (QED) is 0.161. The van der Waals surface area contributed by atoms with Crippen LogP contribution in [0.1, 0.15) is 31.2 Å². The van der Waals surface area contributed by atoms with E-state index in [0.717, 1.165) is 70.0 Å². The number of ether oxygens (including phenoxy) is 1. The standard InChI is InChI=1S/C22H32N6O4.HI/c29-21(25-18-5-6-18)16-26-9-11-27(12-10-26)22(24-15-20-2-1-13-32-20)23-14-17-3-7-19(8-4-17)28(30)31;/h3-4,7-8,18,20H,1-2,5-6,9-16H2,(H,23,24)(H,25,29);1H. The van der Waals surface area contributed by atoms with Crippen LogP contribution in [0.4, 0.5) is 5.69 Å². The van der Waals surface area contributed by atoms with Gasteiger partial charge in [-0.05, 0) is 31.2 Å². The van der Waals surface area contributed by atoms with E-state index in [9.17, 15) is 14.9 Å². The first-order valence-corrected chi connectivity index (χ1v) is 11.5. The second-order valence-corrected chi connectivity index (χ2v) is 8.68. The van der Waals surface area contributed by atoms with Gasteiger partial charge in [0.2, 0.25) is 5.91 Å². The minimum absolute atomic E-state index is 0. The fourth-order valence-corrected chi connectivity index (χ4v) is 3.99. The third-order valence-corrected chi connectivity index (χ3v) is 6.05. The Morgan fingerprint density at radius 3 is 2.48 bits per heavy atom. The van der Waals surface area contributed by atoms with Crippen LogP contribution in [-0.4, -0.2) is 84.6 Å². The van der Waals surface area contributed by atoms with E-state index in [1.54, 1.807) is 12.1 Å². The molecule has 1 unspecified atom stereocenters. The van der Waals surface area contributed by atoms with Crippen LogP contribution in [0.25, 0.3) is 0 Å². The number of hydrogen-bond donors (Lipinski definition) is 2. The number of nitrogens with zero attached hydrogens (tertiary/aromatic N) is 4. The largest absolute Gasteiger partial charge is 0.376 e. The molecule has 0 radical (unpaired) electrons. The summed E-state index contributed by atoms with van der Waals surface area (Å²) in [5.74, 6) is 0.936. The first kappa shape index (κ1) is 25.6. The molecular weight excluding hydrogens is 539 g/mol. The van der Waals surface area contributed by atoms with Crippen LogP contribution in [0.3, 0.4) is 0 Å². The summed E-state index contributed by atoms with van der Waals surface area (Å²) in [5, 5.41) is 17.4. The van der Waals surface area contributed by atoms with Gasteiger partial charge >= 0.3 is 0 Å². The van der Waals surface area contributed by atoms with E-state index in [4.69, 9.17) is 9.73 Å². The van der Waals surface area contributed by atoms with Crippen LogP contribution >= 0.6 is 24.0 Å². The molecule has 2 saturated heterocycles. The molecule has 0 spiro atoms. The number of carbonyl (C=O) groups excluding carboxylic acids is 1. The van der Waals surface area contributed by atoms with Crippen LogP contribution < -0.4 is 10.6 Å². The Morgan fingerprint density at radius 1 is 1.15 bits per heavy atom. The number of nitro groups is 1. The molecule has 1 saturated carbocycles. The predicted molar refractivity (Wildman–Crippen MR) is 136 cm³/mol. The molecule has 182 valence electrons.